The molecular formula is C18H18ClFN4O3S. The number of hydrogen-bond acceptors (Lipinski definition) is 5. The van der Waals surface area contributed by atoms with E-state index in [-0.39, 0.29) is 27.7 Å². The van der Waals surface area contributed by atoms with Gasteiger partial charge in [-0.3, -0.25) is 9.52 Å². The third-order valence-corrected chi connectivity index (χ3v) is 5.81. The van der Waals surface area contributed by atoms with Crippen LogP contribution < -0.4 is 15.6 Å². The zero-order chi connectivity index (χ0) is 20.5. The number of hydrogen-bond donors (Lipinski definition) is 2. The van der Waals surface area contributed by atoms with Crippen molar-refractivity contribution in [3.63, 3.8) is 0 Å². The summed E-state index contributed by atoms with van der Waals surface area (Å²) >= 11 is 6.10. The SMILES string of the molecule is CCCS(=O)(=O)Nc1ccc(Cl)c(Nc2ccc3ncn(C)c(=O)c3c2)c1F. The first-order valence-electron chi connectivity index (χ1n) is 8.42. The molecule has 3 aromatic rings. The van der Waals surface area contributed by atoms with Crippen LogP contribution in [0.1, 0.15) is 13.3 Å². The molecule has 10 heteroatoms. The standard InChI is InChI=1S/C18H18ClFN4O3S/c1-3-8-28(26,27)23-15-7-5-13(19)17(16(15)20)22-11-4-6-14-12(9-11)18(25)24(2)10-21-14/h4-7,9-10,22-23H,3,8H2,1-2H3. The van der Waals surface area contributed by atoms with Crippen LogP contribution in [-0.4, -0.2) is 23.7 Å². The highest BCUT2D eigenvalue weighted by Crippen LogP contribution is 2.33. The van der Waals surface area contributed by atoms with Gasteiger partial charge in [0.15, 0.2) is 5.82 Å². The van der Waals surface area contributed by atoms with Crippen LogP contribution in [0.2, 0.25) is 5.02 Å². The summed E-state index contributed by atoms with van der Waals surface area (Å²) < 4.78 is 42.3. The lowest BCUT2D eigenvalue weighted by molar-refractivity contribution is 0.597. The van der Waals surface area contributed by atoms with Crippen LogP contribution >= 0.6 is 11.6 Å². The average molecular weight is 425 g/mol. The Kier molecular flexibility index (Phi) is 5.57. The monoisotopic (exact) mass is 424 g/mol. The van der Waals surface area contributed by atoms with Gasteiger partial charge in [-0.2, -0.15) is 0 Å². The van der Waals surface area contributed by atoms with Crippen molar-refractivity contribution < 1.29 is 12.8 Å². The average Bonchev–Trinajstić information content (AvgIpc) is 2.64. The van der Waals surface area contributed by atoms with Crippen molar-refractivity contribution in [3.8, 4) is 0 Å². The Morgan fingerprint density at radius 1 is 1.25 bits per heavy atom. The molecule has 2 aromatic carbocycles. The van der Waals surface area contributed by atoms with Gasteiger partial charge in [0, 0.05) is 12.7 Å². The lowest BCUT2D eigenvalue weighted by Gasteiger charge is -2.14. The fourth-order valence-corrected chi connectivity index (χ4v) is 3.99. The zero-order valence-corrected chi connectivity index (χ0v) is 16.7. The van der Waals surface area contributed by atoms with Gasteiger partial charge >= 0.3 is 0 Å². The van der Waals surface area contributed by atoms with Gasteiger partial charge in [-0.15, -0.1) is 0 Å². The van der Waals surface area contributed by atoms with E-state index in [2.05, 4.69) is 15.0 Å². The molecule has 0 amide bonds. The van der Waals surface area contributed by atoms with Crippen molar-refractivity contribution in [3.05, 3.63) is 57.9 Å². The van der Waals surface area contributed by atoms with E-state index < -0.39 is 15.8 Å². The Morgan fingerprint density at radius 3 is 2.71 bits per heavy atom. The zero-order valence-electron chi connectivity index (χ0n) is 15.2. The normalized spacial score (nSPS) is 11.6. The Bertz CT molecular complexity index is 1210. The quantitative estimate of drug-likeness (QED) is 0.630. The molecule has 1 heterocycles. The molecule has 3 rings (SSSR count). The van der Waals surface area contributed by atoms with E-state index >= 15 is 0 Å². The fraction of sp³-hybridized carbons (Fsp3) is 0.222. The third-order valence-electron chi connectivity index (χ3n) is 4.02. The molecule has 0 radical (unpaired) electrons. The Labute approximate surface area is 166 Å². The van der Waals surface area contributed by atoms with Gasteiger partial charge in [0.2, 0.25) is 10.0 Å². The summed E-state index contributed by atoms with van der Waals surface area (Å²) in [5, 5.41) is 3.24. The van der Waals surface area contributed by atoms with Gasteiger partial charge < -0.3 is 9.88 Å². The van der Waals surface area contributed by atoms with Crippen LogP contribution in [0.15, 0.2) is 41.5 Å². The molecule has 0 bridgehead atoms. The lowest BCUT2D eigenvalue weighted by atomic mass is 10.2. The Morgan fingerprint density at radius 2 is 2.00 bits per heavy atom. The molecule has 148 valence electrons. The third kappa shape index (κ3) is 4.10. The van der Waals surface area contributed by atoms with Crippen molar-refractivity contribution in [2.75, 3.05) is 15.8 Å². The van der Waals surface area contributed by atoms with Crippen molar-refractivity contribution in [1.29, 1.82) is 0 Å². The highest BCUT2D eigenvalue weighted by Gasteiger charge is 2.17. The molecule has 28 heavy (non-hydrogen) atoms. The van der Waals surface area contributed by atoms with E-state index in [1.807, 2.05) is 0 Å². The van der Waals surface area contributed by atoms with Gasteiger partial charge in [0.25, 0.3) is 5.56 Å². The first-order valence-corrected chi connectivity index (χ1v) is 10.5. The maximum absolute atomic E-state index is 14.9. The van der Waals surface area contributed by atoms with Crippen molar-refractivity contribution in [2.45, 2.75) is 13.3 Å². The molecule has 7 nitrogen and oxygen atoms in total. The number of rotatable bonds is 6. The lowest BCUT2D eigenvalue weighted by Crippen LogP contribution is -2.17. The van der Waals surface area contributed by atoms with Crippen LogP contribution in [-0.2, 0) is 17.1 Å². The van der Waals surface area contributed by atoms with E-state index in [0.29, 0.717) is 23.0 Å². The molecule has 0 saturated heterocycles. The van der Waals surface area contributed by atoms with Crippen molar-refractivity contribution in [1.82, 2.24) is 9.55 Å². The Hall–Kier alpha value is -2.65. The second-order valence-electron chi connectivity index (χ2n) is 6.22. The van der Waals surface area contributed by atoms with E-state index in [9.17, 15) is 17.6 Å². The number of fused-ring (bicyclic) bond motifs is 1. The summed E-state index contributed by atoms with van der Waals surface area (Å²) in [7, 11) is -2.08. The van der Waals surface area contributed by atoms with Gasteiger partial charge in [-0.25, -0.2) is 17.8 Å². The Balaban J connectivity index is 2.00. The summed E-state index contributed by atoms with van der Waals surface area (Å²) in [5.74, 6) is -0.968. The van der Waals surface area contributed by atoms with E-state index in [4.69, 9.17) is 11.6 Å². The minimum atomic E-state index is -3.66. The van der Waals surface area contributed by atoms with Crippen LogP contribution in [0.5, 0.6) is 0 Å². The predicted octanol–water partition coefficient (Wildman–Crippen LogP) is 3.62. The van der Waals surface area contributed by atoms with Crippen molar-refractivity contribution >= 4 is 49.6 Å². The van der Waals surface area contributed by atoms with Gasteiger partial charge in [-0.1, -0.05) is 18.5 Å². The number of nitrogens with one attached hydrogen (secondary N) is 2. The fourth-order valence-electron chi connectivity index (χ4n) is 2.67. The van der Waals surface area contributed by atoms with Gasteiger partial charge in [0.05, 0.1) is 39.4 Å². The van der Waals surface area contributed by atoms with Crippen LogP contribution in [0.3, 0.4) is 0 Å². The molecule has 0 aliphatic rings. The van der Waals surface area contributed by atoms with Gasteiger partial charge in [0.1, 0.15) is 0 Å². The second-order valence-corrected chi connectivity index (χ2v) is 8.47. The highest BCUT2D eigenvalue weighted by molar-refractivity contribution is 7.92. The summed E-state index contributed by atoms with van der Waals surface area (Å²) in [6.07, 6.45) is 1.82. The molecule has 0 fully saturated rings. The summed E-state index contributed by atoms with van der Waals surface area (Å²) in [4.78, 5) is 16.4. The number of benzene rings is 2. The van der Waals surface area contributed by atoms with E-state index in [1.165, 1.54) is 29.1 Å². The van der Waals surface area contributed by atoms with E-state index in [0.717, 1.165) is 0 Å². The predicted molar refractivity (Wildman–Crippen MR) is 109 cm³/mol. The number of aromatic nitrogens is 2. The van der Waals surface area contributed by atoms with Gasteiger partial charge in [-0.05, 0) is 36.8 Å². The smallest absolute Gasteiger partial charge is 0.260 e. The largest absolute Gasteiger partial charge is 0.352 e. The van der Waals surface area contributed by atoms with Crippen LogP contribution in [0, 0.1) is 5.82 Å². The maximum Gasteiger partial charge on any atom is 0.260 e. The molecule has 1 aromatic heterocycles. The number of aryl methyl sites for hydroxylation is 1. The molecule has 0 atom stereocenters. The minimum Gasteiger partial charge on any atom is -0.352 e. The first-order chi connectivity index (χ1) is 13.2. The number of halogens is 2. The minimum absolute atomic E-state index is 0.0649. The van der Waals surface area contributed by atoms with Crippen LogP contribution in [0.25, 0.3) is 10.9 Å². The first kappa shape index (κ1) is 20.1. The topological polar surface area (TPSA) is 93.1 Å². The molecule has 0 aliphatic heterocycles. The maximum atomic E-state index is 14.9. The molecule has 0 aliphatic carbocycles. The van der Waals surface area contributed by atoms with Crippen molar-refractivity contribution in [2.24, 2.45) is 7.05 Å². The summed E-state index contributed by atoms with van der Waals surface area (Å²) in [6.45, 7) is 1.71. The molecule has 0 spiro atoms. The van der Waals surface area contributed by atoms with E-state index in [1.54, 1.807) is 26.1 Å². The second kappa shape index (κ2) is 7.76. The summed E-state index contributed by atoms with van der Waals surface area (Å²) in [5.41, 5.74) is 0.353. The van der Waals surface area contributed by atoms with Crippen LogP contribution in [0.4, 0.5) is 21.5 Å². The molecule has 2 N–H and O–H groups in total. The number of anilines is 3. The molecular weight excluding hydrogens is 407 g/mol. The number of sulfonamides is 1. The molecule has 0 unspecified atom stereocenters. The molecule has 0 saturated carbocycles. The number of nitrogens with zero attached hydrogens (tertiary/aromatic N) is 2. The summed E-state index contributed by atoms with van der Waals surface area (Å²) in [6, 6.07) is 7.43. The highest BCUT2D eigenvalue weighted by atomic mass is 35.5.